The number of nitrogens with one attached hydrogen (secondary N) is 1. The van der Waals surface area contributed by atoms with Crippen LogP contribution in [0.4, 0.5) is 0 Å². The van der Waals surface area contributed by atoms with Crippen molar-refractivity contribution in [3.8, 4) is 0 Å². The molecule has 0 atom stereocenters. The average molecular weight is 248 g/mol. The van der Waals surface area contributed by atoms with Gasteiger partial charge in [0.2, 0.25) is 0 Å². The molecule has 1 rings (SSSR count). The molecule has 4 nitrogen and oxygen atoms in total. The molecule has 0 bridgehead atoms. The molecular weight excluding hydrogens is 228 g/mol. The zero-order chi connectivity index (χ0) is 13.5. The van der Waals surface area contributed by atoms with Gasteiger partial charge >= 0.3 is 11.8 Å². The second-order valence-electron chi connectivity index (χ2n) is 4.43. The minimum atomic E-state index is -0.539. The fraction of sp³-hybridized carbons (Fsp3) is 0.429. The minimum Gasteiger partial charge on any atom is -0.346 e. The fourth-order valence-electron chi connectivity index (χ4n) is 1.60. The standard InChI is InChI=1S/C14H20N2O2/c1-4-16(10-12-8-6-5-7-9-12)14(18)13(17)15-11(2)3/h5-9,11H,4,10H2,1-3H3,(H,15,17). The van der Waals surface area contributed by atoms with E-state index in [9.17, 15) is 9.59 Å². The third kappa shape index (κ3) is 4.20. The summed E-state index contributed by atoms with van der Waals surface area (Å²) in [5, 5.41) is 2.61. The Labute approximate surface area is 108 Å². The Morgan fingerprint density at radius 1 is 1.22 bits per heavy atom. The molecule has 0 saturated carbocycles. The maximum Gasteiger partial charge on any atom is 0.312 e. The number of likely N-dealkylation sites (N-methyl/N-ethyl adjacent to an activating group) is 1. The lowest BCUT2D eigenvalue weighted by molar-refractivity contribution is -0.146. The largest absolute Gasteiger partial charge is 0.346 e. The van der Waals surface area contributed by atoms with Crippen molar-refractivity contribution in [3.63, 3.8) is 0 Å². The van der Waals surface area contributed by atoms with Crippen molar-refractivity contribution in [1.29, 1.82) is 0 Å². The summed E-state index contributed by atoms with van der Waals surface area (Å²) >= 11 is 0. The second kappa shape index (κ2) is 6.79. The highest BCUT2D eigenvalue weighted by Gasteiger charge is 2.20. The van der Waals surface area contributed by atoms with E-state index in [1.165, 1.54) is 4.90 Å². The molecule has 0 fully saturated rings. The summed E-state index contributed by atoms with van der Waals surface area (Å²) in [6.07, 6.45) is 0. The maximum absolute atomic E-state index is 11.9. The van der Waals surface area contributed by atoms with Crippen molar-refractivity contribution in [2.24, 2.45) is 0 Å². The molecule has 2 amide bonds. The Morgan fingerprint density at radius 2 is 1.83 bits per heavy atom. The molecule has 0 unspecified atom stereocenters. The van der Waals surface area contributed by atoms with Gasteiger partial charge in [-0.25, -0.2) is 0 Å². The Bertz CT molecular complexity index is 402. The molecular formula is C14H20N2O2. The van der Waals surface area contributed by atoms with Crippen LogP contribution in [0.3, 0.4) is 0 Å². The number of hydrogen-bond acceptors (Lipinski definition) is 2. The van der Waals surface area contributed by atoms with Crippen LogP contribution in [0.15, 0.2) is 30.3 Å². The Balaban J connectivity index is 2.66. The summed E-state index contributed by atoms with van der Waals surface area (Å²) in [6, 6.07) is 9.61. The van der Waals surface area contributed by atoms with Crippen LogP contribution in [0.1, 0.15) is 26.3 Å². The quantitative estimate of drug-likeness (QED) is 0.822. The van der Waals surface area contributed by atoms with Crippen molar-refractivity contribution < 1.29 is 9.59 Å². The molecule has 4 heteroatoms. The van der Waals surface area contributed by atoms with Gasteiger partial charge in [0, 0.05) is 19.1 Å². The van der Waals surface area contributed by atoms with E-state index < -0.39 is 11.8 Å². The van der Waals surface area contributed by atoms with Crippen LogP contribution in [0.25, 0.3) is 0 Å². The lowest BCUT2D eigenvalue weighted by Crippen LogP contribution is -2.44. The number of carbonyl (C=O) groups is 2. The second-order valence-corrected chi connectivity index (χ2v) is 4.43. The molecule has 1 aromatic carbocycles. The predicted molar refractivity (Wildman–Crippen MR) is 70.8 cm³/mol. The molecule has 0 aliphatic rings. The zero-order valence-corrected chi connectivity index (χ0v) is 11.1. The molecule has 0 aromatic heterocycles. The summed E-state index contributed by atoms with van der Waals surface area (Å²) in [4.78, 5) is 25.1. The smallest absolute Gasteiger partial charge is 0.312 e. The third-order valence-corrected chi connectivity index (χ3v) is 2.50. The number of amides is 2. The number of nitrogens with zero attached hydrogens (tertiary/aromatic N) is 1. The molecule has 98 valence electrons. The van der Waals surface area contributed by atoms with Gasteiger partial charge in [0.15, 0.2) is 0 Å². The average Bonchev–Trinajstić information content (AvgIpc) is 2.35. The van der Waals surface area contributed by atoms with Crippen LogP contribution >= 0.6 is 0 Å². The Hall–Kier alpha value is -1.84. The highest BCUT2D eigenvalue weighted by molar-refractivity contribution is 6.35. The summed E-state index contributed by atoms with van der Waals surface area (Å²) in [5.74, 6) is -1.02. The number of benzene rings is 1. The lowest BCUT2D eigenvalue weighted by Gasteiger charge is -2.21. The maximum atomic E-state index is 11.9. The first kappa shape index (κ1) is 14.2. The van der Waals surface area contributed by atoms with Crippen molar-refractivity contribution in [1.82, 2.24) is 10.2 Å². The molecule has 0 aliphatic heterocycles. The van der Waals surface area contributed by atoms with E-state index in [1.807, 2.05) is 51.1 Å². The monoisotopic (exact) mass is 248 g/mol. The van der Waals surface area contributed by atoms with Gasteiger partial charge in [-0.2, -0.15) is 0 Å². The first-order chi connectivity index (χ1) is 8.54. The predicted octanol–water partition coefficient (Wildman–Crippen LogP) is 1.56. The van der Waals surface area contributed by atoms with Crippen molar-refractivity contribution >= 4 is 11.8 Å². The van der Waals surface area contributed by atoms with Crippen LogP contribution in [0.2, 0.25) is 0 Å². The Kier molecular flexibility index (Phi) is 5.36. The van der Waals surface area contributed by atoms with E-state index in [2.05, 4.69) is 5.32 Å². The van der Waals surface area contributed by atoms with Gasteiger partial charge in [-0.1, -0.05) is 30.3 Å². The summed E-state index contributed by atoms with van der Waals surface area (Å²) in [7, 11) is 0. The summed E-state index contributed by atoms with van der Waals surface area (Å²) in [6.45, 7) is 6.50. The van der Waals surface area contributed by atoms with Gasteiger partial charge in [0.05, 0.1) is 0 Å². The van der Waals surface area contributed by atoms with Crippen molar-refractivity contribution in [2.75, 3.05) is 6.54 Å². The van der Waals surface area contributed by atoms with Crippen LogP contribution in [-0.4, -0.2) is 29.3 Å². The fourth-order valence-corrected chi connectivity index (χ4v) is 1.60. The Morgan fingerprint density at radius 3 is 2.33 bits per heavy atom. The van der Waals surface area contributed by atoms with Crippen LogP contribution < -0.4 is 5.32 Å². The third-order valence-electron chi connectivity index (χ3n) is 2.50. The summed E-state index contributed by atoms with van der Waals surface area (Å²) < 4.78 is 0. The van der Waals surface area contributed by atoms with Gasteiger partial charge in [-0.3, -0.25) is 9.59 Å². The van der Waals surface area contributed by atoms with E-state index >= 15 is 0 Å². The lowest BCUT2D eigenvalue weighted by atomic mass is 10.2. The minimum absolute atomic E-state index is 0.0307. The topological polar surface area (TPSA) is 49.4 Å². The van der Waals surface area contributed by atoms with E-state index in [1.54, 1.807) is 0 Å². The molecule has 0 saturated heterocycles. The highest BCUT2D eigenvalue weighted by Crippen LogP contribution is 2.04. The number of rotatable bonds is 4. The van der Waals surface area contributed by atoms with Crippen LogP contribution in [0, 0.1) is 0 Å². The summed E-state index contributed by atoms with van der Waals surface area (Å²) in [5.41, 5.74) is 1.02. The zero-order valence-electron chi connectivity index (χ0n) is 11.1. The van der Waals surface area contributed by atoms with E-state index in [0.29, 0.717) is 13.1 Å². The molecule has 18 heavy (non-hydrogen) atoms. The van der Waals surface area contributed by atoms with Gasteiger partial charge in [-0.15, -0.1) is 0 Å². The van der Waals surface area contributed by atoms with E-state index in [4.69, 9.17) is 0 Å². The molecule has 0 radical (unpaired) electrons. The van der Waals surface area contributed by atoms with Gasteiger partial charge in [-0.05, 0) is 26.3 Å². The molecule has 0 heterocycles. The molecule has 1 aromatic rings. The first-order valence-electron chi connectivity index (χ1n) is 6.18. The normalized spacial score (nSPS) is 10.2. The van der Waals surface area contributed by atoms with Crippen LogP contribution in [-0.2, 0) is 16.1 Å². The molecule has 0 aliphatic carbocycles. The number of carbonyl (C=O) groups excluding carboxylic acids is 2. The molecule has 0 spiro atoms. The highest BCUT2D eigenvalue weighted by atomic mass is 16.2. The van der Waals surface area contributed by atoms with Gasteiger partial charge < -0.3 is 10.2 Å². The van der Waals surface area contributed by atoms with Crippen LogP contribution in [0.5, 0.6) is 0 Å². The molecule has 1 N–H and O–H groups in total. The van der Waals surface area contributed by atoms with Crippen molar-refractivity contribution in [3.05, 3.63) is 35.9 Å². The van der Waals surface area contributed by atoms with E-state index in [-0.39, 0.29) is 6.04 Å². The van der Waals surface area contributed by atoms with Gasteiger partial charge in [0.1, 0.15) is 0 Å². The number of hydrogen-bond donors (Lipinski definition) is 1. The van der Waals surface area contributed by atoms with E-state index in [0.717, 1.165) is 5.56 Å². The van der Waals surface area contributed by atoms with Crippen molar-refractivity contribution in [2.45, 2.75) is 33.4 Å². The SMILES string of the molecule is CCN(Cc1ccccc1)C(=O)C(=O)NC(C)C. The first-order valence-corrected chi connectivity index (χ1v) is 6.18. The van der Waals surface area contributed by atoms with Gasteiger partial charge in [0.25, 0.3) is 0 Å².